The summed E-state index contributed by atoms with van der Waals surface area (Å²) in [6.07, 6.45) is 3.56. The van der Waals surface area contributed by atoms with Gasteiger partial charge in [0.25, 0.3) is 0 Å². The third kappa shape index (κ3) is 3.58. The summed E-state index contributed by atoms with van der Waals surface area (Å²) in [7, 11) is 2.11. The van der Waals surface area contributed by atoms with Crippen LogP contribution < -0.4 is 5.32 Å². The summed E-state index contributed by atoms with van der Waals surface area (Å²) in [5, 5.41) is 3.30. The third-order valence-electron chi connectivity index (χ3n) is 3.08. The molecule has 0 saturated heterocycles. The molecule has 0 radical (unpaired) electrons. The lowest BCUT2D eigenvalue weighted by molar-refractivity contribution is 0.316. The minimum Gasteiger partial charge on any atom is -0.469 e. The fourth-order valence-corrected chi connectivity index (χ4v) is 2.11. The molecule has 4 nitrogen and oxygen atoms in total. The van der Waals surface area contributed by atoms with E-state index in [-0.39, 0.29) is 0 Å². The monoisotopic (exact) mass is 259 g/mol. The van der Waals surface area contributed by atoms with Gasteiger partial charge in [0, 0.05) is 37.0 Å². The maximum absolute atomic E-state index is 5.33. The van der Waals surface area contributed by atoms with E-state index in [0.717, 1.165) is 31.2 Å². The molecule has 0 amide bonds. The molecule has 0 aliphatic heterocycles. The van der Waals surface area contributed by atoms with Crippen LogP contribution in [0, 0.1) is 6.92 Å². The molecule has 2 aromatic rings. The molecule has 2 rings (SSSR count). The molecule has 4 heteroatoms. The van der Waals surface area contributed by atoms with Gasteiger partial charge in [-0.15, -0.1) is 0 Å². The predicted molar refractivity (Wildman–Crippen MR) is 77.0 cm³/mol. The van der Waals surface area contributed by atoms with E-state index in [1.807, 2.05) is 25.3 Å². The summed E-state index contributed by atoms with van der Waals surface area (Å²) in [5.74, 6) is 1.96. The highest BCUT2D eigenvalue weighted by Gasteiger charge is 2.09. The van der Waals surface area contributed by atoms with E-state index < -0.39 is 0 Å². The molecule has 0 atom stereocenters. The molecule has 2 aromatic heterocycles. The summed E-state index contributed by atoms with van der Waals surface area (Å²) < 4.78 is 5.33. The van der Waals surface area contributed by atoms with Crippen molar-refractivity contribution >= 4 is 5.82 Å². The second-order valence-electron chi connectivity index (χ2n) is 4.72. The molecule has 0 aromatic carbocycles. The maximum Gasteiger partial charge on any atom is 0.130 e. The van der Waals surface area contributed by atoms with Crippen molar-refractivity contribution < 1.29 is 4.42 Å². The molecule has 0 fully saturated rings. The number of nitrogens with zero attached hydrogens (tertiary/aromatic N) is 2. The number of hydrogen-bond donors (Lipinski definition) is 1. The van der Waals surface area contributed by atoms with Crippen molar-refractivity contribution in [3.05, 3.63) is 47.5 Å². The highest BCUT2D eigenvalue weighted by atomic mass is 16.3. The van der Waals surface area contributed by atoms with E-state index in [2.05, 4.69) is 35.2 Å². The molecule has 0 bridgehead atoms. The van der Waals surface area contributed by atoms with Gasteiger partial charge in [-0.1, -0.05) is 6.07 Å². The highest BCUT2D eigenvalue weighted by molar-refractivity contribution is 5.43. The number of aryl methyl sites for hydroxylation is 1. The summed E-state index contributed by atoms with van der Waals surface area (Å²) in [5.41, 5.74) is 2.45. The van der Waals surface area contributed by atoms with Gasteiger partial charge in [-0.05, 0) is 33.0 Å². The number of aromatic nitrogens is 1. The lowest BCUT2D eigenvalue weighted by Crippen LogP contribution is -2.18. The van der Waals surface area contributed by atoms with E-state index in [0.29, 0.717) is 0 Å². The largest absolute Gasteiger partial charge is 0.469 e. The van der Waals surface area contributed by atoms with E-state index in [1.165, 1.54) is 11.1 Å². The maximum atomic E-state index is 5.33. The Kier molecular flexibility index (Phi) is 4.58. The molecule has 0 aliphatic carbocycles. The third-order valence-corrected chi connectivity index (χ3v) is 3.08. The molecule has 19 heavy (non-hydrogen) atoms. The molecule has 0 aliphatic rings. The van der Waals surface area contributed by atoms with Gasteiger partial charge in [-0.25, -0.2) is 4.98 Å². The Morgan fingerprint density at radius 3 is 2.74 bits per heavy atom. The number of hydrogen-bond acceptors (Lipinski definition) is 4. The van der Waals surface area contributed by atoms with Crippen LogP contribution in [0.4, 0.5) is 5.82 Å². The Morgan fingerprint density at radius 1 is 1.26 bits per heavy atom. The van der Waals surface area contributed by atoms with Gasteiger partial charge in [0.15, 0.2) is 0 Å². The van der Waals surface area contributed by atoms with Crippen molar-refractivity contribution in [1.29, 1.82) is 0 Å². The van der Waals surface area contributed by atoms with E-state index in [4.69, 9.17) is 4.42 Å². The van der Waals surface area contributed by atoms with Gasteiger partial charge in [-0.3, -0.25) is 4.90 Å². The smallest absolute Gasteiger partial charge is 0.130 e. The summed E-state index contributed by atoms with van der Waals surface area (Å²) in [6, 6.07) is 6.12. The zero-order valence-corrected chi connectivity index (χ0v) is 11.8. The van der Waals surface area contributed by atoms with Gasteiger partial charge in [0.05, 0.1) is 6.26 Å². The van der Waals surface area contributed by atoms with Crippen LogP contribution in [0.3, 0.4) is 0 Å². The fraction of sp³-hybridized carbons (Fsp3) is 0.400. The Labute approximate surface area is 114 Å². The molecule has 0 saturated carbocycles. The zero-order chi connectivity index (χ0) is 13.7. The number of pyridine rings is 1. The Hall–Kier alpha value is -1.81. The lowest BCUT2D eigenvalue weighted by Gasteiger charge is -2.18. The summed E-state index contributed by atoms with van der Waals surface area (Å²) in [6.45, 7) is 6.70. The Bertz CT molecular complexity index is 522. The first-order valence-electron chi connectivity index (χ1n) is 6.60. The average molecular weight is 259 g/mol. The van der Waals surface area contributed by atoms with E-state index >= 15 is 0 Å². The number of anilines is 1. The molecular weight excluding hydrogens is 238 g/mol. The molecule has 0 spiro atoms. The van der Waals surface area contributed by atoms with Crippen LogP contribution >= 0.6 is 0 Å². The first-order chi connectivity index (χ1) is 9.20. The van der Waals surface area contributed by atoms with Crippen molar-refractivity contribution in [2.45, 2.75) is 26.9 Å². The van der Waals surface area contributed by atoms with Crippen LogP contribution in [0.1, 0.15) is 23.8 Å². The van der Waals surface area contributed by atoms with Crippen molar-refractivity contribution in [1.82, 2.24) is 9.88 Å². The predicted octanol–water partition coefficient (Wildman–Crippen LogP) is 3.05. The molecule has 0 unspecified atom stereocenters. The van der Waals surface area contributed by atoms with Gasteiger partial charge in [0.1, 0.15) is 11.6 Å². The fourth-order valence-electron chi connectivity index (χ4n) is 2.11. The van der Waals surface area contributed by atoms with Crippen molar-refractivity contribution in [2.75, 3.05) is 18.9 Å². The van der Waals surface area contributed by atoms with Crippen LogP contribution in [0.25, 0.3) is 0 Å². The van der Waals surface area contributed by atoms with Crippen molar-refractivity contribution in [3.8, 4) is 0 Å². The SMILES string of the molecule is CCNc1ncccc1CN(C)Cc1ccoc1C. The highest BCUT2D eigenvalue weighted by Crippen LogP contribution is 2.16. The van der Waals surface area contributed by atoms with Crippen molar-refractivity contribution in [3.63, 3.8) is 0 Å². The second kappa shape index (κ2) is 6.38. The van der Waals surface area contributed by atoms with Gasteiger partial charge < -0.3 is 9.73 Å². The second-order valence-corrected chi connectivity index (χ2v) is 4.72. The van der Waals surface area contributed by atoms with E-state index in [9.17, 15) is 0 Å². The van der Waals surface area contributed by atoms with Crippen LogP contribution in [0.2, 0.25) is 0 Å². The van der Waals surface area contributed by atoms with Gasteiger partial charge in [-0.2, -0.15) is 0 Å². The zero-order valence-electron chi connectivity index (χ0n) is 11.8. The van der Waals surface area contributed by atoms with Crippen LogP contribution in [0.5, 0.6) is 0 Å². The van der Waals surface area contributed by atoms with Gasteiger partial charge in [0.2, 0.25) is 0 Å². The molecule has 1 N–H and O–H groups in total. The summed E-state index contributed by atoms with van der Waals surface area (Å²) >= 11 is 0. The number of nitrogens with one attached hydrogen (secondary N) is 1. The minimum absolute atomic E-state index is 0.862. The number of furan rings is 1. The molecule has 2 heterocycles. The molecule has 102 valence electrons. The standard InChI is InChI=1S/C15H21N3O/c1-4-16-15-14(6-5-8-17-15)11-18(3)10-13-7-9-19-12(13)2/h5-9H,4,10-11H2,1-3H3,(H,16,17). The topological polar surface area (TPSA) is 41.3 Å². The van der Waals surface area contributed by atoms with Crippen LogP contribution in [-0.4, -0.2) is 23.5 Å². The Balaban J connectivity index is 2.02. The first-order valence-corrected chi connectivity index (χ1v) is 6.60. The minimum atomic E-state index is 0.862. The quantitative estimate of drug-likeness (QED) is 0.865. The van der Waals surface area contributed by atoms with E-state index in [1.54, 1.807) is 6.26 Å². The number of rotatable bonds is 6. The summed E-state index contributed by atoms with van der Waals surface area (Å²) in [4.78, 5) is 6.64. The van der Waals surface area contributed by atoms with Crippen LogP contribution in [-0.2, 0) is 13.1 Å². The molecular formula is C15H21N3O. The normalized spacial score (nSPS) is 10.9. The average Bonchev–Trinajstić information content (AvgIpc) is 2.78. The van der Waals surface area contributed by atoms with Crippen molar-refractivity contribution in [2.24, 2.45) is 0 Å². The Morgan fingerprint density at radius 2 is 2.05 bits per heavy atom. The van der Waals surface area contributed by atoms with Gasteiger partial charge >= 0.3 is 0 Å². The van der Waals surface area contributed by atoms with Crippen LogP contribution in [0.15, 0.2) is 35.1 Å². The lowest BCUT2D eigenvalue weighted by atomic mass is 10.2. The first kappa shape index (κ1) is 13.6.